The van der Waals surface area contributed by atoms with Crippen molar-refractivity contribution in [2.24, 2.45) is 5.84 Å². The van der Waals surface area contributed by atoms with E-state index in [1.165, 1.54) is 0 Å². The monoisotopic (exact) mass is 308 g/mol. The van der Waals surface area contributed by atoms with E-state index in [0.717, 1.165) is 11.3 Å². The predicted molar refractivity (Wildman–Crippen MR) is 83.0 cm³/mol. The number of amides is 1. The Labute approximate surface area is 128 Å². The minimum atomic E-state index is 0.403. The maximum Gasteiger partial charge on any atom is 0.221 e. The Kier molecular flexibility index (Phi) is 7.63. The summed E-state index contributed by atoms with van der Waals surface area (Å²) in [5.74, 6) is 4.94. The lowest BCUT2D eigenvalue weighted by molar-refractivity contribution is -0.109. The highest BCUT2D eigenvalue weighted by Gasteiger charge is 2.02. The molecule has 2 rings (SSSR count). The number of aromatic nitrogens is 1. The summed E-state index contributed by atoms with van der Waals surface area (Å²) in [4.78, 5) is 13.0. The van der Waals surface area contributed by atoms with Crippen molar-refractivity contribution < 1.29 is 9.53 Å². The lowest BCUT2D eigenvalue weighted by Crippen LogP contribution is -2.18. The van der Waals surface area contributed by atoms with E-state index in [4.69, 9.17) is 21.1 Å². The molecule has 0 atom stereocenters. The van der Waals surface area contributed by atoms with E-state index in [9.17, 15) is 0 Å². The molecule has 0 radical (unpaired) electrons. The van der Waals surface area contributed by atoms with Crippen LogP contribution >= 0.6 is 11.6 Å². The van der Waals surface area contributed by atoms with Gasteiger partial charge in [0.1, 0.15) is 11.8 Å². The number of benzene rings is 1. The standard InChI is InChI=1S/C13H13ClN2O.CH4N2O/c1-15-11-6-3-2-5-10(11)9-17-13-8-4-7-12(14)16-13;2-3-1-4/h2-8,15H,9H2,1H3;1H,2H2,(H,3,4). The number of hydrogen-bond donors (Lipinski definition) is 3. The van der Waals surface area contributed by atoms with E-state index in [1.54, 1.807) is 17.6 Å². The second-order valence-electron chi connectivity index (χ2n) is 3.78. The Bertz CT molecular complexity index is 566. The van der Waals surface area contributed by atoms with Crippen LogP contribution in [0.1, 0.15) is 5.56 Å². The Hall–Kier alpha value is -2.31. The van der Waals surface area contributed by atoms with Crippen molar-refractivity contribution in [3.8, 4) is 5.88 Å². The zero-order chi connectivity index (χ0) is 15.5. The minimum Gasteiger partial charge on any atom is -0.473 e. The van der Waals surface area contributed by atoms with E-state index in [-0.39, 0.29) is 0 Å². The number of hydrazine groups is 1. The number of para-hydroxylation sites is 1. The third-order valence-electron chi connectivity index (χ3n) is 2.42. The average Bonchev–Trinajstić information content (AvgIpc) is 2.53. The van der Waals surface area contributed by atoms with Gasteiger partial charge in [-0.25, -0.2) is 10.8 Å². The van der Waals surface area contributed by atoms with Gasteiger partial charge in [0, 0.05) is 24.4 Å². The molecule has 0 fully saturated rings. The molecule has 6 nitrogen and oxygen atoms in total. The number of anilines is 1. The summed E-state index contributed by atoms with van der Waals surface area (Å²) in [6.07, 6.45) is 0.403. The third-order valence-corrected chi connectivity index (χ3v) is 2.63. The van der Waals surface area contributed by atoms with Crippen LogP contribution in [-0.4, -0.2) is 18.4 Å². The van der Waals surface area contributed by atoms with Crippen LogP contribution in [0, 0.1) is 0 Å². The molecule has 0 aliphatic heterocycles. The van der Waals surface area contributed by atoms with Gasteiger partial charge >= 0.3 is 0 Å². The Morgan fingerprint density at radius 1 is 1.29 bits per heavy atom. The van der Waals surface area contributed by atoms with Crippen LogP contribution in [0.4, 0.5) is 5.69 Å². The molecule has 21 heavy (non-hydrogen) atoms. The third kappa shape index (κ3) is 6.11. The molecule has 1 heterocycles. The Balaban J connectivity index is 0.000000491. The summed E-state index contributed by atoms with van der Waals surface area (Å²) in [6.45, 7) is 0.463. The highest BCUT2D eigenvalue weighted by Crippen LogP contribution is 2.17. The molecule has 1 aromatic carbocycles. The van der Waals surface area contributed by atoms with Gasteiger partial charge in [0.25, 0.3) is 0 Å². The number of pyridine rings is 1. The lowest BCUT2D eigenvalue weighted by Gasteiger charge is -2.09. The first-order valence-corrected chi connectivity index (χ1v) is 6.49. The van der Waals surface area contributed by atoms with E-state index in [0.29, 0.717) is 24.1 Å². The minimum absolute atomic E-state index is 0.403. The summed E-state index contributed by atoms with van der Waals surface area (Å²) in [6, 6.07) is 13.3. The van der Waals surface area contributed by atoms with Gasteiger partial charge in [-0.2, -0.15) is 0 Å². The van der Waals surface area contributed by atoms with Gasteiger partial charge in [0.15, 0.2) is 0 Å². The first-order chi connectivity index (χ1) is 10.2. The first kappa shape index (κ1) is 16.7. The summed E-state index contributed by atoms with van der Waals surface area (Å²) in [7, 11) is 1.89. The molecule has 0 aliphatic carbocycles. The van der Waals surface area contributed by atoms with Gasteiger partial charge in [-0.05, 0) is 12.1 Å². The van der Waals surface area contributed by atoms with E-state index in [1.807, 2.05) is 37.4 Å². The molecular weight excluding hydrogens is 292 g/mol. The average molecular weight is 309 g/mol. The highest BCUT2D eigenvalue weighted by molar-refractivity contribution is 6.29. The fraction of sp³-hybridized carbons (Fsp3) is 0.143. The fourth-order valence-corrected chi connectivity index (χ4v) is 1.67. The van der Waals surface area contributed by atoms with Crippen LogP contribution in [-0.2, 0) is 11.4 Å². The molecule has 0 saturated carbocycles. The quantitative estimate of drug-likeness (QED) is 0.258. The molecule has 2 aromatic rings. The van der Waals surface area contributed by atoms with Crippen LogP contribution in [0.5, 0.6) is 5.88 Å². The summed E-state index contributed by atoms with van der Waals surface area (Å²) in [5, 5.41) is 3.55. The molecule has 4 N–H and O–H groups in total. The van der Waals surface area contributed by atoms with Crippen LogP contribution in [0.2, 0.25) is 5.15 Å². The van der Waals surface area contributed by atoms with Crippen molar-refractivity contribution in [3.63, 3.8) is 0 Å². The van der Waals surface area contributed by atoms with E-state index < -0.39 is 0 Å². The number of nitrogens with two attached hydrogens (primary N) is 1. The van der Waals surface area contributed by atoms with Gasteiger partial charge in [-0.15, -0.1) is 0 Å². The number of carbonyl (C=O) groups is 1. The number of ether oxygens (including phenoxy) is 1. The van der Waals surface area contributed by atoms with E-state index in [2.05, 4.69) is 16.1 Å². The molecule has 0 saturated heterocycles. The van der Waals surface area contributed by atoms with Crippen molar-refractivity contribution >= 4 is 23.7 Å². The molecule has 0 unspecified atom stereocenters. The number of halogens is 1. The molecule has 0 aliphatic rings. The Morgan fingerprint density at radius 3 is 2.62 bits per heavy atom. The van der Waals surface area contributed by atoms with Crippen LogP contribution < -0.4 is 21.3 Å². The summed E-state index contributed by atoms with van der Waals surface area (Å²) in [5.41, 5.74) is 3.88. The second kappa shape index (κ2) is 9.57. The summed E-state index contributed by atoms with van der Waals surface area (Å²) < 4.78 is 5.58. The predicted octanol–water partition coefficient (Wildman–Crippen LogP) is 1.96. The topological polar surface area (TPSA) is 89.3 Å². The molecular formula is C14H17ClN4O2. The highest BCUT2D eigenvalue weighted by atomic mass is 35.5. The van der Waals surface area contributed by atoms with Crippen LogP contribution in [0.3, 0.4) is 0 Å². The number of carbonyl (C=O) groups excluding carboxylic acids is 1. The molecule has 0 spiro atoms. The molecule has 112 valence electrons. The largest absolute Gasteiger partial charge is 0.473 e. The molecule has 0 bridgehead atoms. The second-order valence-corrected chi connectivity index (χ2v) is 4.17. The van der Waals surface area contributed by atoms with Crippen LogP contribution in [0.25, 0.3) is 0 Å². The number of nitrogens with one attached hydrogen (secondary N) is 2. The molecule has 1 aromatic heterocycles. The first-order valence-electron chi connectivity index (χ1n) is 6.12. The van der Waals surface area contributed by atoms with Crippen molar-refractivity contribution in [2.45, 2.75) is 6.61 Å². The smallest absolute Gasteiger partial charge is 0.221 e. The lowest BCUT2D eigenvalue weighted by atomic mass is 10.2. The van der Waals surface area contributed by atoms with Crippen molar-refractivity contribution in [3.05, 3.63) is 53.2 Å². The Morgan fingerprint density at radius 2 is 2.00 bits per heavy atom. The SMILES string of the molecule is CNc1ccccc1COc1cccc(Cl)n1.NNC=O. The van der Waals surface area contributed by atoms with Crippen molar-refractivity contribution in [2.75, 3.05) is 12.4 Å². The zero-order valence-corrected chi connectivity index (χ0v) is 12.3. The number of rotatable bonds is 5. The zero-order valence-electron chi connectivity index (χ0n) is 11.5. The maximum absolute atomic E-state index is 8.94. The molecule has 1 amide bonds. The number of nitrogens with zero attached hydrogens (tertiary/aromatic N) is 1. The van der Waals surface area contributed by atoms with Gasteiger partial charge < -0.3 is 10.1 Å². The van der Waals surface area contributed by atoms with Gasteiger partial charge in [0.05, 0.1) is 0 Å². The fourth-order valence-electron chi connectivity index (χ4n) is 1.51. The van der Waals surface area contributed by atoms with E-state index >= 15 is 0 Å². The molecule has 7 heteroatoms. The van der Waals surface area contributed by atoms with Crippen molar-refractivity contribution in [1.29, 1.82) is 0 Å². The summed E-state index contributed by atoms with van der Waals surface area (Å²) >= 11 is 5.78. The maximum atomic E-state index is 8.94. The van der Waals surface area contributed by atoms with Crippen molar-refractivity contribution in [1.82, 2.24) is 10.4 Å². The van der Waals surface area contributed by atoms with Gasteiger partial charge in [-0.1, -0.05) is 35.9 Å². The normalized spacial score (nSPS) is 9.10. The number of hydrogen-bond acceptors (Lipinski definition) is 5. The van der Waals surface area contributed by atoms with Gasteiger partial charge in [-0.3, -0.25) is 10.2 Å². The van der Waals surface area contributed by atoms with Gasteiger partial charge in [0.2, 0.25) is 12.3 Å². The van der Waals surface area contributed by atoms with Crippen LogP contribution in [0.15, 0.2) is 42.5 Å².